The van der Waals surface area contributed by atoms with Gasteiger partial charge in [-0.25, -0.2) is 13.4 Å². The maximum Gasteiger partial charge on any atom is 0.289 e. The molecule has 156 valence electrons. The number of halogens is 1. The number of sulfonamides is 1. The van der Waals surface area contributed by atoms with Gasteiger partial charge >= 0.3 is 0 Å². The van der Waals surface area contributed by atoms with Crippen LogP contribution in [-0.4, -0.2) is 54.7 Å². The van der Waals surface area contributed by atoms with Crippen LogP contribution in [0.3, 0.4) is 0 Å². The van der Waals surface area contributed by atoms with Gasteiger partial charge in [-0.15, -0.1) is 0 Å². The van der Waals surface area contributed by atoms with E-state index >= 15 is 0 Å². The molecule has 2 aromatic heterocycles. The van der Waals surface area contributed by atoms with Crippen molar-refractivity contribution in [2.24, 2.45) is 0 Å². The molecule has 3 aromatic rings. The quantitative estimate of drug-likeness (QED) is 0.574. The Labute approximate surface area is 179 Å². The Hall–Kier alpha value is -2.68. The summed E-state index contributed by atoms with van der Waals surface area (Å²) in [5, 5.41) is 0.342. The van der Waals surface area contributed by atoms with Crippen LogP contribution in [0.4, 0.5) is 0 Å². The first-order chi connectivity index (χ1) is 14.4. The topological polar surface area (TPSA) is 83.7 Å². The second kappa shape index (κ2) is 8.22. The summed E-state index contributed by atoms with van der Waals surface area (Å²) in [5.41, 5.74) is 2.20. The molecule has 1 saturated heterocycles. The highest BCUT2D eigenvalue weighted by molar-refractivity contribution is 7.89. The molecule has 0 atom stereocenters. The van der Waals surface area contributed by atoms with Gasteiger partial charge < -0.3 is 9.32 Å². The number of benzene rings is 1. The van der Waals surface area contributed by atoms with Crippen LogP contribution >= 0.6 is 11.6 Å². The molecule has 1 fully saturated rings. The number of hydrogen-bond acceptors (Lipinski definition) is 5. The predicted molar refractivity (Wildman–Crippen MR) is 113 cm³/mol. The van der Waals surface area contributed by atoms with Crippen LogP contribution in [0.5, 0.6) is 0 Å². The zero-order chi connectivity index (χ0) is 21.3. The Balaban J connectivity index is 1.55. The number of nitrogens with zero attached hydrogens (tertiary/aromatic N) is 3. The van der Waals surface area contributed by atoms with E-state index in [1.807, 2.05) is 6.07 Å². The Morgan fingerprint density at radius 1 is 1.07 bits per heavy atom. The molecule has 4 rings (SSSR count). The minimum absolute atomic E-state index is 0.222. The number of pyridine rings is 1. The molecule has 3 heterocycles. The van der Waals surface area contributed by atoms with Gasteiger partial charge in [-0.3, -0.25) is 4.79 Å². The lowest BCUT2D eigenvalue weighted by atomic mass is 10.1. The Bertz CT molecular complexity index is 1170. The van der Waals surface area contributed by atoms with Gasteiger partial charge in [0.05, 0.1) is 11.2 Å². The van der Waals surface area contributed by atoms with Gasteiger partial charge in [-0.05, 0) is 53.9 Å². The number of hydrogen-bond donors (Lipinski definition) is 0. The van der Waals surface area contributed by atoms with Crippen LogP contribution in [0.25, 0.3) is 11.1 Å². The Morgan fingerprint density at radius 3 is 2.47 bits per heavy atom. The van der Waals surface area contributed by atoms with Crippen LogP contribution in [0.2, 0.25) is 5.15 Å². The maximum atomic E-state index is 13.3. The van der Waals surface area contributed by atoms with E-state index in [9.17, 15) is 13.2 Å². The number of aryl methyl sites for hydroxylation is 1. The second-order valence-electron chi connectivity index (χ2n) is 7.02. The molecule has 0 radical (unpaired) electrons. The summed E-state index contributed by atoms with van der Waals surface area (Å²) in [7, 11) is -3.71. The zero-order valence-electron chi connectivity index (χ0n) is 16.3. The van der Waals surface area contributed by atoms with E-state index in [0.717, 1.165) is 11.1 Å². The van der Waals surface area contributed by atoms with E-state index in [1.165, 1.54) is 10.6 Å². The summed E-state index contributed by atoms with van der Waals surface area (Å²) in [5.74, 6) is 0.0238. The first-order valence-electron chi connectivity index (χ1n) is 9.42. The lowest BCUT2D eigenvalue weighted by Crippen LogP contribution is -2.50. The van der Waals surface area contributed by atoms with Crippen molar-refractivity contribution in [1.82, 2.24) is 14.2 Å². The van der Waals surface area contributed by atoms with Crippen LogP contribution in [0.15, 0.2) is 64.2 Å². The molecule has 9 heteroatoms. The largest absolute Gasteiger partial charge is 0.459 e. The van der Waals surface area contributed by atoms with Crippen molar-refractivity contribution in [3.05, 3.63) is 71.4 Å². The normalized spacial score (nSPS) is 15.3. The third-order valence-corrected chi connectivity index (χ3v) is 7.37. The number of carbonyl (C=O) groups is 1. The molecule has 0 unspecified atom stereocenters. The molecule has 0 aliphatic carbocycles. The molecule has 0 bridgehead atoms. The molecule has 1 aliphatic rings. The van der Waals surface area contributed by atoms with Gasteiger partial charge in [-0.2, -0.15) is 4.31 Å². The summed E-state index contributed by atoms with van der Waals surface area (Å²) in [6, 6.07) is 12.0. The number of rotatable bonds is 4. The maximum absolute atomic E-state index is 13.3. The molecule has 1 aromatic carbocycles. The van der Waals surface area contributed by atoms with Gasteiger partial charge in [0.25, 0.3) is 5.91 Å². The van der Waals surface area contributed by atoms with Crippen molar-refractivity contribution >= 4 is 27.5 Å². The first-order valence-corrected chi connectivity index (χ1v) is 11.2. The number of carbonyl (C=O) groups excluding carboxylic acids is 1. The second-order valence-corrected chi connectivity index (χ2v) is 9.31. The number of amides is 1. The van der Waals surface area contributed by atoms with Crippen molar-refractivity contribution in [2.45, 2.75) is 11.8 Å². The molecular formula is C21H20ClN3O4S. The molecule has 1 aliphatic heterocycles. The van der Waals surface area contributed by atoms with Gasteiger partial charge in [0.1, 0.15) is 5.15 Å². The van der Waals surface area contributed by atoms with Crippen molar-refractivity contribution in [3.8, 4) is 11.1 Å². The van der Waals surface area contributed by atoms with Crippen molar-refractivity contribution in [3.63, 3.8) is 0 Å². The fraction of sp³-hybridized carbons (Fsp3) is 0.238. The molecule has 0 saturated carbocycles. The average Bonchev–Trinajstić information content (AvgIpc) is 3.28. The highest BCUT2D eigenvalue weighted by Gasteiger charge is 2.32. The fourth-order valence-corrected chi connectivity index (χ4v) is 5.31. The van der Waals surface area contributed by atoms with Crippen LogP contribution in [0.1, 0.15) is 16.1 Å². The van der Waals surface area contributed by atoms with Crippen molar-refractivity contribution < 1.29 is 17.6 Å². The van der Waals surface area contributed by atoms with E-state index in [-0.39, 0.29) is 29.7 Å². The molecule has 1 amide bonds. The number of piperazine rings is 1. The monoisotopic (exact) mass is 445 g/mol. The van der Waals surface area contributed by atoms with Gasteiger partial charge in [0.15, 0.2) is 5.76 Å². The lowest BCUT2D eigenvalue weighted by Gasteiger charge is -2.33. The number of aromatic nitrogens is 1. The van der Waals surface area contributed by atoms with E-state index in [4.69, 9.17) is 16.0 Å². The fourth-order valence-electron chi connectivity index (χ4n) is 3.47. The third kappa shape index (κ3) is 3.98. The summed E-state index contributed by atoms with van der Waals surface area (Å²) >= 11 is 5.98. The van der Waals surface area contributed by atoms with Crippen LogP contribution in [-0.2, 0) is 10.0 Å². The summed E-state index contributed by atoms with van der Waals surface area (Å²) < 4.78 is 33.2. The molecule has 0 N–H and O–H groups in total. The highest BCUT2D eigenvalue weighted by atomic mass is 35.5. The lowest BCUT2D eigenvalue weighted by molar-refractivity contribution is 0.0666. The minimum Gasteiger partial charge on any atom is -0.459 e. The SMILES string of the molecule is Cc1ccc(-c2ccnc(Cl)c2)cc1S(=O)(=O)N1CCN(C(=O)c2ccco2)CC1. The standard InChI is InChI=1S/C21H20ClN3O4S/c1-15-4-5-16(17-6-7-23-20(22)14-17)13-19(15)30(27,28)25-10-8-24(9-11-25)21(26)18-3-2-12-29-18/h2-7,12-14H,8-11H2,1H3. The van der Waals surface area contributed by atoms with Crippen molar-refractivity contribution in [1.29, 1.82) is 0 Å². The highest BCUT2D eigenvalue weighted by Crippen LogP contribution is 2.28. The zero-order valence-corrected chi connectivity index (χ0v) is 17.9. The van der Waals surface area contributed by atoms with Gasteiger partial charge in [0, 0.05) is 32.4 Å². The summed E-state index contributed by atoms with van der Waals surface area (Å²) in [6.07, 6.45) is 3.03. The van der Waals surface area contributed by atoms with Crippen LogP contribution in [0, 0.1) is 6.92 Å². The minimum atomic E-state index is -3.71. The van der Waals surface area contributed by atoms with Gasteiger partial charge in [0.2, 0.25) is 10.0 Å². The molecule has 7 nitrogen and oxygen atoms in total. The predicted octanol–water partition coefficient (Wildman–Crippen LogP) is 3.45. The van der Waals surface area contributed by atoms with E-state index in [2.05, 4.69) is 4.98 Å². The van der Waals surface area contributed by atoms with E-state index in [1.54, 1.807) is 54.4 Å². The molecular weight excluding hydrogens is 426 g/mol. The number of furan rings is 1. The Kier molecular flexibility index (Phi) is 5.64. The smallest absolute Gasteiger partial charge is 0.289 e. The summed E-state index contributed by atoms with van der Waals surface area (Å²) in [6.45, 7) is 2.82. The van der Waals surface area contributed by atoms with Crippen molar-refractivity contribution in [2.75, 3.05) is 26.2 Å². The van der Waals surface area contributed by atoms with E-state index < -0.39 is 10.0 Å². The first kappa shape index (κ1) is 20.6. The molecule has 30 heavy (non-hydrogen) atoms. The average molecular weight is 446 g/mol. The summed E-state index contributed by atoms with van der Waals surface area (Å²) in [4.78, 5) is 18.2. The molecule has 0 spiro atoms. The van der Waals surface area contributed by atoms with Crippen LogP contribution < -0.4 is 0 Å². The van der Waals surface area contributed by atoms with E-state index in [0.29, 0.717) is 23.8 Å². The third-order valence-electron chi connectivity index (χ3n) is 5.12. The Morgan fingerprint density at radius 2 is 1.80 bits per heavy atom. The van der Waals surface area contributed by atoms with Gasteiger partial charge in [-0.1, -0.05) is 23.7 Å².